The van der Waals surface area contributed by atoms with Crippen molar-refractivity contribution in [1.29, 1.82) is 0 Å². The first kappa shape index (κ1) is 36.1. The molecule has 0 bridgehead atoms. The van der Waals surface area contributed by atoms with Crippen molar-refractivity contribution in [3.63, 3.8) is 0 Å². The van der Waals surface area contributed by atoms with Gasteiger partial charge in [-0.05, 0) is 101 Å². The van der Waals surface area contributed by atoms with Gasteiger partial charge in [-0.25, -0.2) is 4.79 Å². The van der Waals surface area contributed by atoms with E-state index in [9.17, 15) is 14.4 Å². The van der Waals surface area contributed by atoms with Crippen molar-refractivity contribution in [3.05, 3.63) is 95.1 Å². The topological polar surface area (TPSA) is 97.0 Å². The summed E-state index contributed by atoms with van der Waals surface area (Å²) in [6.07, 6.45) is 1.06. The standard InChI is InChI=1S/C38H51N3O5/c1-25(2)15-17-28(5)41(36(43)33(24-29-13-11-10-12-14-29)40-37(44)46-38(6,7)8)34(32-22-16-26(3)23-27(32)4)35(42)39-30-18-20-31(45-9)21-19-30/h10-14,16,18-23,25,28,33-34H,15,17,24H2,1-9H3,(H,39,42)(H,40,44). The van der Waals surface area contributed by atoms with E-state index in [1.165, 1.54) is 0 Å². The average Bonchev–Trinajstić information content (AvgIpc) is 2.98. The van der Waals surface area contributed by atoms with Gasteiger partial charge in [-0.15, -0.1) is 0 Å². The van der Waals surface area contributed by atoms with Crippen LogP contribution in [0, 0.1) is 19.8 Å². The van der Waals surface area contributed by atoms with Gasteiger partial charge in [-0.2, -0.15) is 0 Å². The maximum absolute atomic E-state index is 14.9. The molecule has 3 aromatic rings. The summed E-state index contributed by atoms with van der Waals surface area (Å²) in [6.45, 7) is 15.5. The van der Waals surface area contributed by atoms with Crippen LogP contribution < -0.4 is 15.4 Å². The molecule has 0 aromatic heterocycles. The highest BCUT2D eigenvalue weighted by molar-refractivity contribution is 5.99. The number of nitrogens with one attached hydrogen (secondary N) is 2. The van der Waals surface area contributed by atoms with Crippen molar-refractivity contribution in [1.82, 2.24) is 10.2 Å². The lowest BCUT2D eigenvalue weighted by atomic mass is 9.93. The molecule has 46 heavy (non-hydrogen) atoms. The fourth-order valence-electron chi connectivity index (χ4n) is 5.43. The largest absolute Gasteiger partial charge is 0.497 e. The van der Waals surface area contributed by atoms with Crippen molar-refractivity contribution in [2.24, 2.45) is 5.92 Å². The molecule has 8 heteroatoms. The van der Waals surface area contributed by atoms with Gasteiger partial charge < -0.3 is 25.0 Å². The maximum atomic E-state index is 14.9. The highest BCUT2D eigenvalue weighted by atomic mass is 16.6. The van der Waals surface area contributed by atoms with E-state index in [-0.39, 0.29) is 24.3 Å². The van der Waals surface area contributed by atoms with Crippen molar-refractivity contribution < 1.29 is 23.9 Å². The quantitative estimate of drug-likeness (QED) is 0.201. The molecular weight excluding hydrogens is 578 g/mol. The van der Waals surface area contributed by atoms with Crippen molar-refractivity contribution >= 4 is 23.6 Å². The Hall–Kier alpha value is -4.33. The third-order valence-corrected chi connectivity index (χ3v) is 7.77. The number of nitrogens with zero attached hydrogens (tertiary/aromatic N) is 1. The van der Waals surface area contributed by atoms with Crippen LogP contribution in [0.1, 0.15) is 82.7 Å². The Kier molecular flexibility index (Phi) is 12.8. The third-order valence-electron chi connectivity index (χ3n) is 7.77. The number of anilines is 1. The Morgan fingerprint density at radius 3 is 2.09 bits per heavy atom. The van der Waals surface area contributed by atoms with Crippen LogP contribution in [0.5, 0.6) is 5.75 Å². The van der Waals surface area contributed by atoms with Gasteiger partial charge in [0.15, 0.2) is 0 Å². The van der Waals surface area contributed by atoms with Crippen LogP contribution in [-0.4, -0.2) is 47.6 Å². The third kappa shape index (κ3) is 10.6. The number of alkyl carbamates (subject to hydrolysis) is 1. The number of ether oxygens (including phenoxy) is 2. The number of methoxy groups -OCH3 is 1. The Balaban J connectivity index is 2.15. The molecule has 0 radical (unpaired) electrons. The Morgan fingerprint density at radius 2 is 1.52 bits per heavy atom. The van der Waals surface area contributed by atoms with Gasteiger partial charge in [0, 0.05) is 18.2 Å². The minimum absolute atomic E-state index is 0.228. The number of benzene rings is 3. The molecule has 0 aliphatic heterocycles. The molecule has 0 aliphatic carbocycles. The maximum Gasteiger partial charge on any atom is 0.408 e. The Labute approximate surface area is 274 Å². The molecule has 3 unspecified atom stereocenters. The van der Waals surface area contributed by atoms with Gasteiger partial charge >= 0.3 is 6.09 Å². The molecule has 3 rings (SSSR count). The molecule has 0 heterocycles. The molecular formula is C38H51N3O5. The fraction of sp³-hybridized carbons (Fsp3) is 0.447. The summed E-state index contributed by atoms with van der Waals surface area (Å²) in [6, 6.07) is 20.2. The molecule has 2 N–H and O–H groups in total. The second-order valence-electron chi connectivity index (χ2n) is 13.4. The zero-order valence-corrected chi connectivity index (χ0v) is 28.8. The highest BCUT2D eigenvalue weighted by Gasteiger charge is 2.39. The van der Waals surface area contributed by atoms with Crippen LogP contribution >= 0.6 is 0 Å². The normalized spacial score (nSPS) is 13.3. The van der Waals surface area contributed by atoms with Crippen molar-refractivity contribution in [2.75, 3.05) is 12.4 Å². The summed E-state index contributed by atoms with van der Waals surface area (Å²) >= 11 is 0. The van der Waals surface area contributed by atoms with E-state index in [0.29, 0.717) is 23.8 Å². The van der Waals surface area contributed by atoms with E-state index in [0.717, 1.165) is 28.7 Å². The monoisotopic (exact) mass is 629 g/mol. The van der Waals surface area contributed by atoms with Crippen LogP contribution in [0.25, 0.3) is 0 Å². The smallest absolute Gasteiger partial charge is 0.408 e. The molecule has 3 aromatic carbocycles. The zero-order chi connectivity index (χ0) is 34.0. The van der Waals surface area contributed by atoms with Gasteiger partial charge in [-0.3, -0.25) is 9.59 Å². The van der Waals surface area contributed by atoms with Crippen LogP contribution in [0.4, 0.5) is 10.5 Å². The lowest BCUT2D eigenvalue weighted by Gasteiger charge is -2.39. The van der Waals surface area contributed by atoms with Crippen LogP contribution in [0.2, 0.25) is 0 Å². The predicted molar refractivity (Wildman–Crippen MR) is 184 cm³/mol. The van der Waals surface area contributed by atoms with Gasteiger partial charge in [0.25, 0.3) is 5.91 Å². The van der Waals surface area contributed by atoms with E-state index >= 15 is 0 Å². The molecule has 3 atom stereocenters. The highest BCUT2D eigenvalue weighted by Crippen LogP contribution is 2.32. The first-order valence-electron chi connectivity index (χ1n) is 16.1. The van der Waals surface area contributed by atoms with Gasteiger partial charge in [0.2, 0.25) is 5.91 Å². The average molecular weight is 630 g/mol. The van der Waals surface area contributed by atoms with Gasteiger partial charge in [0.05, 0.1) is 7.11 Å². The summed E-state index contributed by atoms with van der Waals surface area (Å²) in [4.78, 5) is 44.2. The molecule has 3 amide bonds. The second kappa shape index (κ2) is 16.3. The number of carbonyl (C=O) groups is 3. The minimum atomic E-state index is -0.985. The number of aryl methyl sites for hydroxylation is 2. The Morgan fingerprint density at radius 1 is 0.870 bits per heavy atom. The fourth-order valence-corrected chi connectivity index (χ4v) is 5.43. The van der Waals surface area contributed by atoms with Crippen molar-refractivity contribution in [3.8, 4) is 5.75 Å². The van der Waals surface area contributed by atoms with E-state index in [1.807, 2.05) is 69.3 Å². The number of hydrogen-bond acceptors (Lipinski definition) is 5. The molecule has 0 saturated heterocycles. The Bertz CT molecular complexity index is 1450. The summed E-state index contributed by atoms with van der Waals surface area (Å²) in [5, 5.41) is 5.90. The van der Waals surface area contributed by atoms with Crippen LogP contribution in [-0.2, 0) is 20.7 Å². The van der Waals surface area contributed by atoms with Crippen LogP contribution in [0.3, 0.4) is 0 Å². The summed E-state index contributed by atoms with van der Waals surface area (Å²) < 4.78 is 10.9. The lowest BCUT2D eigenvalue weighted by molar-refractivity contribution is -0.143. The molecule has 8 nitrogen and oxygen atoms in total. The molecule has 0 aliphatic rings. The number of hydrogen-bond donors (Lipinski definition) is 2. The minimum Gasteiger partial charge on any atom is -0.497 e. The van der Waals surface area contributed by atoms with Crippen molar-refractivity contribution in [2.45, 2.75) is 98.4 Å². The first-order valence-corrected chi connectivity index (χ1v) is 16.1. The van der Waals surface area contributed by atoms with E-state index in [1.54, 1.807) is 57.0 Å². The molecule has 0 fully saturated rings. The van der Waals surface area contributed by atoms with Gasteiger partial charge in [0.1, 0.15) is 23.4 Å². The van der Waals surface area contributed by atoms with E-state index in [2.05, 4.69) is 24.5 Å². The van der Waals surface area contributed by atoms with Crippen LogP contribution in [0.15, 0.2) is 72.8 Å². The SMILES string of the molecule is COc1ccc(NC(=O)C(c2ccc(C)cc2C)N(C(=O)C(Cc2ccccc2)NC(=O)OC(C)(C)C)C(C)CCC(C)C)cc1. The summed E-state index contributed by atoms with van der Waals surface area (Å²) in [5.74, 6) is 0.352. The van der Waals surface area contributed by atoms with Gasteiger partial charge in [-0.1, -0.05) is 67.9 Å². The lowest BCUT2D eigenvalue weighted by Crippen LogP contribution is -2.55. The number of carbonyl (C=O) groups excluding carboxylic acids is 3. The predicted octanol–water partition coefficient (Wildman–Crippen LogP) is 7.78. The zero-order valence-electron chi connectivity index (χ0n) is 28.8. The van der Waals surface area contributed by atoms with E-state index < -0.39 is 23.8 Å². The number of amides is 3. The molecule has 0 saturated carbocycles. The summed E-state index contributed by atoms with van der Waals surface area (Å²) in [5.41, 5.74) is 3.36. The first-order chi connectivity index (χ1) is 21.7. The summed E-state index contributed by atoms with van der Waals surface area (Å²) in [7, 11) is 1.59. The molecule has 0 spiro atoms. The second-order valence-corrected chi connectivity index (χ2v) is 13.4. The molecule has 248 valence electrons. The van der Waals surface area contributed by atoms with E-state index in [4.69, 9.17) is 9.47 Å². The number of rotatable bonds is 13.